The van der Waals surface area contributed by atoms with Crippen molar-refractivity contribution in [3.63, 3.8) is 0 Å². The van der Waals surface area contributed by atoms with Crippen molar-refractivity contribution in [1.29, 1.82) is 0 Å². The van der Waals surface area contributed by atoms with E-state index in [4.69, 9.17) is 4.74 Å². The molecule has 1 aliphatic rings. The summed E-state index contributed by atoms with van der Waals surface area (Å²) in [5.41, 5.74) is 3.69. The zero-order chi connectivity index (χ0) is 22.4. The van der Waals surface area contributed by atoms with E-state index in [1.807, 2.05) is 30.9 Å². The molecule has 5 heteroatoms. The summed E-state index contributed by atoms with van der Waals surface area (Å²) in [5, 5.41) is 0. The highest BCUT2D eigenvalue weighted by Gasteiger charge is 2.36. The molecule has 0 spiro atoms. The summed E-state index contributed by atoms with van der Waals surface area (Å²) >= 11 is 0. The minimum absolute atomic E-state index is 0.0498. The van der Waals surface area contributed by atoms with Gasteiger partial charge in [-0.1, -0.05) is 55.8 Å². The Morgan fingerprint density at radius 1 is 1.13 bits per heavy atom. The van der Waals surface area contributed by atoms with Gasteiger partial charge in [-0.05, 0) is 36.1 Å². The Balaban J connectivity index is 1.79. The van der Waals surface area contributed by atoms with Crippen LogP contribution in [-0.2, 0) is 16.1 Å². The first-order valence-electron chi connectivity index (χ1n) is 11.2. The predicted molar refractivity (Wildman–Crippen MR) is 122 cm³/mol. The van der Waals surface area contributed by atoms with E-state index in [9.17, 15) is 9.18 Å². The molecule has 2 aromatic rings. The lowest BCUT2D eigenvalue weighted by Gasteiger charge is -2.29. The first kappa shape index (κ1) is 23.4. The molecule has 168 valence electrons. The van der Waals surface area contributed by atoms with Gasteiger partial charge in [-0.25, -0.2) is 4.39 Å². The summed E-state index contributed by atoms with van der Waals surface area (Å²) in [6, 6.07) is 15.5. The van der Waals surface area contributed by atoms with Gasteiger partial charge in [0.05, 0.1) is 6.61 Å². The molecule has 31 heavy (non-hydrogen) atoms. The first-order chi connectivity index (χ1) is 14.9. The van der Waals surface area contributed by atoms with Crippen LogP contribution in [0.5, 0.6) is 0 Å². The molecule has 2 atom stereocenters. The molecule has 0 radical (unpaired) electrons. The summed E-state index contributed by atoms with van der Waals surface area (Å²) in [6.07, 6.45) is 0. The third-order valence-corrected chi connectivity index (χ3v) is 6.17. The molecule has 1 aliphatic heterocycles. The molecule has 1 saturated heterocycles. The second-order valence-corrected chi connectivity index (χ2v) is 9.03. The number of carbonyl (C=O) groups excluding carboxylic acids is 1. The normalized spacial score (nSPS) is 19.2. The molecule has 0 unspecified atom stereocenters. The Labute approximate surface area is 186 Å². The van der Waals surface area contributed by atoms with E-state index in [1.165, 1.54) is 23.3 Å². The number of hydrogen-bond acceptors (Lipinski definition) is 3. The molecule has 1 heterocycles. The standard InChI is InChI=1S/C26H35FN2O2/c1-19(2)26(30)29(13-14-31-4)17-23-16-28(15-21-7-5-20(3)6-8-21)18-25(23)22-9-11-24(27)12-10-22/h5-12,19,23,25H,13-18H2,1-4H3/t23-,25-/m1/s1. The number of methoxy groups -OCH3 is 1. The van der Waals surface area contributed by atoms with Crippen molar-refractivity contribution in [3.8, 4) is 0 Å². The number of rotatable bonds is 9. The fourth-order valence-corrected chi connectivity index (χ4v) is 4.46. The summed E-state index contributed by atoms with van der Waals surface area (Å²) in [5.74, 6) is 0.441. The lowest BCUT2D eigenvalue weighted by atomic mass is 9.88. The third-order valence-electron chi connectivity index (χ3n) is 6.17. The van der Waals surface area contributed by atoms with Crippen LogP contribution in [0.1, 0.15) is 36.5 Å². The minimum Gasteiger partial charge on any atom is -0.383 e. The maximum atomic E-state index is 13.5. The highest BCUT2D eigenvalue weighted by Crippen LogP contribution is 2.34. The van der Waals surface area contributed by atoms with Crippen molar-refractivity contribution < 1.29 is 13.9 Å². The molecule has 0 N–H and O–H groups in total. The van der Waals surface area contributed by atoms with E-state index in [-0.39, 0.29) is 29.5 Å². The zero-order valence-electron chi connectivity index (χ0n) is 19.2. The molecule has 0 saturated carbocycles. The number of aryl methyl sites for hydroxylation is 1. The number of benzene rings is 2. The van der Waals surface area contributed by atoms with Crippen molar-refractivity contribution >= 4 is 5.91 Å². The maximum Gasteiger partial charge on any atom is 0.225 e. The van der Waals surface area contributed by atoms with Gasteiger partial charge in [0.2, 0.25) is 5.91 Å². The van der Waals surface area contributed by atoms with Crippen LogP contribution >= 0.6 is 0 Å². The summed E-state index contributed by atoms with van der Waals surface area (Å²) < 4.78 is 18.8. The SMILES string of the molecule is COCCN(C[C@H]1CN(Cc2ccc(C)cc2)C[C@@H]1c1ccc(F)cc1)C(=O)C(C)C. The van der Waals surface area contributed by atoms with Gasteiger partial charge in [0.1, 0.15) is 5.82 Å². The van der Waals surface area contributed by atoms with E-state index in [1.54, 1.807) is 7.11 Å². The van der Waals surface area contributed by atoms with E-state index >= 15 is 0 Å². The average molecular weight is 427 g/mol. The lowest BCUT2D eigenvalue weighted by Crippen LogP contribution is -2.41. The van der Waals surface area contributed by atoms with Gasteiger partial charge in [0.15, 0.2) is 0 Å². The van der Waals surface area contributed by atoms with E-state index in [0.717, 1.165) is 25.2 Å². The fourth-order valence-electron chi connectivity index (χ4n) is 4.46. The molecule has 1 amide bonds. The molecular weight excluding hydrogens is 391 g/mol. The average Bonchev–Trinajstić information content (AvgIpc) is 3.14. The van der Waals surface area contributed by atoms with Crippen molar-refractivity contribution in [1.82, 2.24) is 9.80 Å². The number of amides is 1. The van der Waals surface area contributed by atoms with E-state index in [0.29, 0.717) is 19.7 Å². The molecule has 0 aliphatic carbocycles. The monoisotopic (exact) mass is 426 g/mol. The lowest BCUT2D eigenvalue weighted by molar-refractivity contribution is -0.135. The molecule has 4 nitrogen and oxygen atoms in total. The topological polar surface area (TPSA) is 32.8 Å². The van der Waals surface area contributed by atoms with Crippen molar-refractivity contribution in [2.75, 3.05) is 39.9 Å². The largest absolute Gasteiger partial charge is 0.383 e. The molecular formula is C26H35FN2O2. The van der Waals surface area contributed by atoms with Gasteiger partial charge >= 0.3 is 0 Å². The Morgan fingerprint density at radius 3 is 2.42 bits per heavy atom. The van der Waals surface area contributed by atoms with Crippen LogP contribution in [0.3, 0.4) is 0 Å². The van der Waals surface area contributed by atoms with Crippen LogP contribution in [0.15, 0.2) is 48.5 Å². The summed E-state index contributed by atoms with van der Waals surface area (Å²) in [6.45, 7) is 10.5. The van der Waals surface area contributed by atoms with Crippen LogP contribution in [-0.4, -0.2) is 55.6 Å². The quantitative estimate of drug-likeness (QED) is 0.593. The zero-order valence-corrected chi connectivity index (χ0v) is 19.2. The Kier molecular flexibility index (Phi) is 8.22. The van der Waals surface area contributed by atoms with Crippen LogP contribution in [0.2, 0.25) is 0 Å². The van der Waals surface area contributed by atoms with E-state index in [2.05, 4.69) is 36.1 Å². The smallest absolute Gasteiger partial charge is 0.225 e. The van der Waals surface area contributed by atoms with Gasteiger partial charge in [0.25, 0.3) is 0 Å². The van der Waals surface area contributed by atoms with Gasteiger partial charge in [0, 0.05) is 51.7 Å². The Hall–Kier alpha value is -2.24. The van der Waals surface area contributed by atoms with Crippen LogP contribution in [0, 0.1) is 24.6 Å². The van der Waals surface area contributed by atoms with Crippen molar-refractivity contribution in [2.45, 2.75) is 33.2 Å². The molecule has 0 aromatic heterocycles. The summed E-state index contributed by atoms with van der Waals surface area (Å²) in [4.78, 5) is 17.2. The van der Waals surface area contributed by atoms with Gasteiger partial charge < -0.3 is 9.64 Å². The van der Waals surface area contributed by atoms with Gasteiger partial charge in [-0.15, -0.1) is 0 Å². The first-order valence-corrected chi connectivity index (χ1v) is 11.2. The van der Waals surface area contributed by atoms with Gasteiger partial charge in [-0.3, -0.25) is 9.69 Å². The third kappa shape index (κ3) is 6.37. The Morgan fingerprint density at radius 2 is 1.81 bits per heavy atom. The van der Waals surface area contributed by atoms with Crippen LogP contribution in [0.25, 0.3) is 0 Å². The summed E-state index contributed by atoms with van der Waals surface area (Å²) in [7, 11) is 1.66. The highest BCUT2D eigenvalue weighted by molar-refractivity contribution is 5.78. The number of ether oxygens (including phenoxy) is 1. The molecule has 0 bridgehead atoms. The number of nitrogens with zero attached hydrogens (tertiary/aromatic N) is 2. The van der Waals surface area contributed by atoms with Crippen molar-refractivity contribution in [3.05, 3.63) is 71.0 Å². The number of halogens is 1. The molecule has 3 rings (SSSR count). The molecule has 1 fully saturated rings. The second-order valence-electron chi connectivity index (χ2n) is 9.03. The molecule has 2 aromatic carbocycles. The number of hydrogen-bond donors (Lipinski definition) is 0. The minimum atomic E-state index is -0.216. The maximum absolute atomic E-state index is 13.5. The fraction of sp³-hybridized carbons (Fsp3) is 0.500. The highest BCUT2D eigenvalue weighted by atomic mass is 19.1. The van der Waals surface area contributed by atoms with Gasteiger partial charge in [-0.2, -0.15) is 0 Å². The van der Waals surface area contributed by atoms with Crippen LogP contribution < -0.4 is 0 Å². The van der Waals surface area contributed by atoms with Crippen LogP contribution in [0.4, 0.5) is 4.39 Å². The number of likely N-dealkylation sites (tertiary alicyclic amines) is 1. The predicted octanol–water partition coefficient (Wildman–Crippen LogP) is 4.48. The number of carbonyl (C=O) groups is 1. The van der Waals surface area contributed by atoms with E-state index < -0.39 is 0 Å². The second kappa shape index (κ2) is 10.9. The van der Waals surface area contributed by atoms with Crippen molar-refractivity contribution in [2.24, 2.45) is 11.8 Å². The Bertz CT molecular complexity index is 835.